The number of hydrogen-bond donors (Lipinski definition) is 2. The smallest absolute Gasteiger partial charge is 0.318 e. The normalized spacial score (nSPS) is 24.2. The second-order valence-electron chi connectivity index (χ2n) is 6.63. The van der Waals surface area contributed by atoms with E-state index in [9.17, 15) is 9.59 Å². The van der Waals surface area contributed by atoms with Gasteiger partial charge in [-0.1, -0.05) is 6.07 Å². The minimum Gasteiger partial charge on any atom is -0.354 e. The lowest BCUT2D eigenvalue weighted by atomic mass is 10.1. The van der Waals surface area contributed by atoms with Gasteiger partial charge in [0.2, 0.25) is 5.91 Å². The summed E-state index contributed by atoms with van der Waals surface area (Å²) in [6, 6.07) is 4.97. The van der Waals surface area contributed by atoms with Crippen LogP contribution in [0.25, 0.3) is 5.65 Å². The molecule has 2 unspecified atom stereocenters. The predicted molar refractivity (Wildman–Crippen MR) is 90.8 cm³/mol. The number of likely N-dealkylation sites (tertiary alicyclic amines) is 1. The Labute approximate surface area is 145 Å². The molecule has 2 aliphatic rings. The van der Waals surface area contributed by atoms with E-state index in [1.165, 1.54) is 0 Å². The summed E-state index contributed by atoms with van der Waals surface area (Å²) in [6.07, 6.45) is 6.25. The van der Waals surface area contributed by atoms with Gasteiger partial charge in [-0.2, -0.15) is 0 Å². The maximum absolute atomic E-state index is 12.8. The molecule has 8 nitrogen and oxygen atoms in total. The number of carbonyl (C=O) groups excluding carboxylic acids is 2. The first-order chi connectivity index (χ1) is 12.2. The zero-order chi connectivity index (χ0) is 17.2. The van der Waals surface area contributed by atoms with Crippen LogP contribution in [0.15, 0.2) is 24.4 Å². The van der Waals surface area contributed by atoms with E-state index in [0.29, 0.717) is 19.5 Å². The molecule has 3 amide bonds. The quantitative estimate of drug-likeness (QED) is 0.859. The number of aromatic nitrogens is 3. The standard InChI is InChI=1S/C17H22N6O2/c24-16-12(6-1-3-9-18-16)19-17(25)22-11-5-7-13(22)15-21-20-14-8-2-4-10-23(14)15/h2,4,8,10,12-13H,1,3,5-7,9,11H2,(H,18,24)(H,19,25). The van der Waals surface area contributed by atoms with Gasteiger partial charge in [0.25, 0.3) is 0 Å². The molecule has 2 aliphatic heterocycles. The fraction of sp³-hybridized carbons (Fsp3) is 0.529. The van der Waals surface area contributed by atoms with Crippen molar-refractivity contribution in [3.8, 4) is 0 Å². The van der Waals surface area contributed by atoms with Gasteiger partial charge in [-0.15, -0.1) is 10.2 Å². The molecule has 2 N–H and O–H groups in total. The maximum Gasteiger partial charge on any atom is 0.318 e. The molecule has 0 spiro atoms. The Kier molecular flexibility index (Phi) is 4.25. The van der Waals surface area contributed by atoms with Crippen LogP contribution in [0.1, 0.15) is 44.0 Å². The van der Waals surface area contributed by atoms with Crippen molar-refractivity contribution in [1.29, 1.82) is 0 Å². The van der Waals surface area contributed by atoms with Gasteiger partial charge >= 0.3 is 6.03 Å². The molecule has 2 aromatic rings. The molecule has 132 valence electrons. The lowest BCUT2D eigenvalue weighted by molar-refractivity contribution is -0.122. The number of fused-ring (bicyclic) bond motifs is 1. The molecule has 4 rings (SSSR count). The molecule has 2 saturated heterocycles. The SMILES string of the molecule is O=C1NCCCCC1NC(=O)N1CCCC1c1nnc2ccccn12. The topological polar surface area (TPSA) is 91.6 Å². The van der Waals surface area contributed by atoms with Crippen LogP contribution in [0.2, 0.25) is 0 Å². The van der Waals surface area contributed by atoms with Gasteiger partial charge in [0, 0.05) is 19.3 Å². The fourth-order valence-corrected chi connectivity index (χ4v) is 3.67. The highest BCUT2D eigenvalue weighted by atomic mass is 16.2. The number of nitrogens with zero attached hydrogens (tertiary/aromatic N) is 4. The molecule has 8 heteroatoms. The number of hydrogen-bond acceptors (Lipinski definition) is 4. The molecule has 2 aromatic heterocycles. The molecular formula is C17H22N6O2. The summed E-state index contributed by atoms with van der Waals surface area (Å²) in [4.78, 5) is 26.6. The second-order valence-corrected chi connectivity index (χ2v) is 6.63. The molecule has 2 fully saturated rings. The Morgan fingerprint density at radius 2 is 2.12 bits per heavy atom. The molecule has 0 radical (unpaired) electrons. The van der Waals surface area contributed by atoms with Crippen molar-refractivity contribution in [3.05, 3.63) is 30.2 Å². The van der Waals surface area contributed by atoms with Crippen molar-refractivity contribution in [1.82, 2.24) is 30.1 Å². The van der Waals surface area contributed by atoms with Crippen LogP contribution in [-0.4, -0.2) is 50.6 Å². The third-order valence-electron chi connectivity index (χ3n) is 4.98. The summed E-state index contributed by atoms with van der Waals surface area (Å²) in [5, 5.41) is 14.2. The van der Waals surface area contributed by atoms with Gasteiger partial charge in [-0.25, -0.2) is 4.79 Å². The van der Waals surface area contributed by atoms with Gasteiger partial charge in [-0.05, 0) is 44.2 Å². The molecule has 0 aliphatic carbocycles. The molecule has 2 atom stereocenters. The van der Waals surface area contributed by atoms with Crippen molar-refractivity contribution in [2.45, 2.75) is 44.2 Å². The van der Waals surface area contributed by atoms with Gasteiger partial charge in [0.1, 0.15) is 6.04 Å². The number of rotatable bonds is 2. The maximum atomic E-state index is 12.8. The highest BCUT2D eigenvalue weighted by Gasteiger charge is 2.35. The number of carbonyl (C=O) groups is 2. The summed E-state index contributed by atoms with van der Waals surface area (Å²) >= 11 is 0. The van der Waals surface area contributed by atoms with E-state index in [2.05, 4.69) is 20.8 Å². The van der Waals surface area contributed by atoms with Crippen molar-refractivity contribution >= 4 is 17.6 Å². The molecule has 4 heterocycles. The lowest BCUT2D eigenvalue weighted by Gasteiger charge is -2.26. The summed E-state index contributed by atoms with van der Waals surface area (Å²) in [7, 11) is 0. The predicted octanol–water partition coefficient (Wildman–Crippen LogP) is 1.24. The van der Waals surface area contributed by atoms with Crippen LogP contribution in [0.5, 0.6) is 0 Å². The van der Waals surface area contributed by atoms with Crippen molar-refractivity contribution in [2.75, 3.05) is 13.1 Å². The average molecular weight is 342 g/mol. The average Bonchev–Trinajstić information content (AvgIpc) is 3.21. The first-order valence-corrected chi connectivity index (χ1v) is 8.88. The Morgan fingerprint density at radius 1 is 1.20 bits per heavy atom. The highest BCUT2D eigenvalue weighted by molar-refractivity contribution is 5.87. The fourth-order valence-electron chi connectivity index (χ4n) is 3.67. The Balaban J connectivity index is 1.53. The summed E-state index contributed by atoms with van der Waals surface area (Å²) in [6.45, 7) is 1.34. The van der Waals surface area contributed by atoms with Crippen LogP contribution >= 0.6 is 0 Å². The van der Waals surface area contributed by atoms with Crippen molar-refractivity contribution < 1.29 is 9.59 Å². The van der Waals surface area contributed by atoms with E-state index < -0.39 is 6.04 Å². The molecular weight excluding hydrogens is 320 g/mol. The van der Waals surface area contributed by atoms with Crippen LogP contribution in [-0.2, 0) is 4.79 Å². The summed E-state index contributed by atoms with van der Waals surface area (Å²) in [5.41, 5.74) is 0.771. The number of pyridine rings is 1. The van der Waals surface area contributed by atoms with E-state index in [1.54, 1.807) is 4.90 Å². The monoisotopic (exact) mass is 342 g/mol. The van der Waals surface area contributed by atoms with Crippen LogP contribution in [0, 0.1) is 0 Å². The van der Waals surface area contributed by atoms with Crippen LogP contribution in [0.4, 0.5) is 4.79 Å². The van der Waals surface area contributed by atoms with E-state index in [-0.39, 0.29) is 18.0 Å². The Morgan fingerprint density at radius 3 is 3.04 bits per heavy atom. The molecule has 25 heavy (non-hydrogen) atoms. The number of nitrogens with one attached hydrogen (secondary N) is 2. The Hall–Kier alpha value is -2.64. The largest absolute Gasteiger partial charge is 0.354 e. The number of amides is 3. The van der Waals surface area contributed by atoms with Crippen molar-refractivity contribution in [3.63, 3.8) is 0 Å². The second kappa shape index (κ2) is 6.70. The minimum atomic E-state index is -0.452. The van der Waals surface area contributed by atoms with Gasteiger partial charge in [-0.3, -0.25) is 9.20 Å². The van der Waals surface area contributed by atoms with Crippen LogP contribution < -0.4 is 10.6 Å². The zero-order valence-corrected chi connectivity index (χ0v) is 14.0. The van der Waals surface area contributed by atoms with Gasteiger partial charge < -0.3 is 15.5 Å². The third kappa shape index (κ3) is 3.04. The summed E-state index contributed by atoms with van der Waals surface area (Å²) < 4.78 is 1.93. The molecule has 0 aromatic carbocycles. The molecule has 0 saturated carbocycles. The van der Waals surface area contributed by atoms with Gasteiger partial charge in [0.05, 0.1) is 6.04 Å². The number of urea groups is 1. The zero-order valence-electron chi connectivity index (χ0n) is 14.0. The molecule has 0 bridgehead atoms. The first-order valence-electron chi connectivity index (χ1n) is 8.88. The Bertz CT molecular complexity index is 788. The van der Waals surface area contributed by atoms with E-state index >= 15 is 0 Å². The van der Waals surface area contributed by atoms with Gasteiger partial charge in [0.15, 0.2) is 11.5 Å². The summed E-state index contributed by atoms with van der Waals surface area (Å²) in [5.74, 6) is 0.683. The third-order valence-corrected chi connectivity index (χ3v) is 4.98. The van der Waals surface area contributed by atoms with E-state index in [1.807, 2.05) is 28.8 Å². The van der Waals surface area contributed by atoms with Crippen LogP contribution in [0.3, 0.4) is 0 Å². The van der Waals surface area contributed by atoms with E-state index in [4.69, 9.17) is 0 Å². The first kappa shape index (κ1) is 15.9. The van der Waals surface area contributed by atoms with Crippen molar-refractivity contribution in [2.24, 2.45) is 0 Å². The minimum absolute atomic E-state index is 0.0884. The lowest BCUT2D eigenvalue weighted by Crippen LogP contribution is -2.50. The van der Waals surface area contributed by atoms with E-state index in [0.717, 1.165) is 37.2 Å². The highest BCUT2D eigenvalue weighted by Crippen LogP contribution is 2.31.